The highest BCUT2D eigenvalue weighted by molar-refractivity contribution is 6.40. The second kappa shape index (κ2) is 7.64. The van der Waals surface area contributed by atoms with Crippen LogP contribution in [0.1, 0.15) is 25.7 Å². The maximum absolute atomic E-state index is 12.7. The normalized spacial score (nSPS) is 22.9. The van der Waals surface area contributed by atoms with Gasteiger partial charge in [0.1, 0.15) is 0 Å². The molecule has 0 spiro atoms. The number of fused-ring (bicyclic) bond motifs is 1. The molecular weight excluding hydrogens is 346 g/mol. The number of nitrogens with zero attached hydrogens (tertiary/aromatic N) is 4. The fourth-order valence-electron chi connectivity index (χ4n) is 4.16. The molecule has 0 aliphatic carbocycles. The molecule has 0 bridgehead atoms. The molecule has 8 nitrogen and oxygen atoms in total. The van der Waals surface area contributed by atoms with Crippen molar-refractivity contribution >= 4 is 28.5 Å². The number of aryl methyl sites for hydroxylation is 1. The predicted molar refractivity (Wildman–Crippen MR) is 100.0 cm³/mol. The van der Waals surface area contributed by atoms with Crippen LogP contribution in [0.3, 0.4) is 0 Å². The van der Waals surface area contributed by atoms with Gasteiger partial charge in [0.2, 0.25) is 0 Å². The van der Waals surface area contributed by atoms with Crippen LogP contribution in [-0.2, 0) is 21.4 Å². The van der Waals surface area contributed by atoms with Crippen LogP contribution < -0.4 is 5.32 Å². The highest BCUT2D eigenvalue weighted by atomic mass is 16.5. The van der Waals surface area contributed by atoms with Crippen LogP contribution in [-0.4, -0.2) is 57.8 Å². The number of anilines is 1. The largest absolute Gasteiger partial charge is 0.381 e. The zero-order chi connectivity index (χ0) is 18.8. The van der Waals surface area contributed by atoms with E-state index in [9.17, 15) is 9.59 Å². The molecule has 2 aromatic heterocycles. The topological polar surface area (TPSA) is 89.4 Å². The lowest BCUT2D eigenvalue weighted by Gasteiger charge is -2.33. The summed E-state index contributed by atoms with van der Waals surface area (Å²) in [5.74, 6) is -0.0184. The first-order valence-corrected chi connectivity index (χ1v) is 9.56. The van der Waals surface area contributed by atoms with Gasteiger partial charge in [-0.2, -0.15) is 5.10 Å². The van der Waals surface area contributed by atoms with Gasteiger partial charge in [0.25, 0.3) is 0 Å². The Morgan fingerprint density at radius 2 is 2.22 bits per heavy atom. The Kier molecular flexibility index (Phi) is 5.07. The van der Waals surface area contributed by atoms with Crippen molar-refractivity contribution in [3.05, 3.63) is 18.5 Å². The molecule has 2 saturated heterocycles. The van der Waals surface area contributed by atoms with Gasteiger partial charge < -0.3 is 15.0 Å². The van der Waals surface area contributed by atoms with Crippen LogP contribution >= 0.6 is 0 Å². The summed E-state index contributed by atoms with van der Waals surface area (Å²) in [6.45, 7) is 2.97. The van der Waals surface area contributed by atoms with Gasteiger partial charge in [0.15, 0.2) is 5.65 Å². The number of nitrogens with one attached hydrogen (secondary N) is 1. The highest BCUT2D eigenvalue weighted by Gasteiger charge is 2.30. The lowest BCUT2D eigenvalue weighted by atomic mass is 9.88. The molecule has 0 saturated carbocycles. The van der Waals surface area contributed by atoms with Gasteiger partial charge in [0.05, 0.1) is 17.3 Å². The average Bonchev–Trinajstić information content (AvgIpc) is 3.32. The van der Waals surface area contributed by atoms with Gasteiger partial charge in [-0.15, -0.1) is 0 Å². The van der Waals surface area contributed by atoms with Gasteiger partial charge in [-0.25, -0.2) is 4.98 Å². The van der Waals surface area contributed by atoms with E-state index in [2.05, 4.69) is 15.4 Å². The fraction of sp³-hybridized carbons (Fsp3) is 0.579. The van der Waals surface area contributed by atoms with Crippen LogP contribution in [0.5, 0.6) is 0 Å². The van der Waals surface area contributed by atoms with Crippen LogP contribution in [0.25, 0.3) is 11.0 Å². The first-order chi connectivity index (χ1) is 13.1. The van der Waals surface area contributed by atoms with E-state index in [1.54, 1.807) is 35.1 Å². The second-order valence-corrected chi connectivity index (χ2v) is 7.54. The smallest absolute Gasteiger partial charge is 0.313 e. The molecule has 4 heterocycles. The molecule has 4 rings (SSSR count). The van der Waals surface area contributed by atoms with Crippen molar-refractivity contribution in [3.63, 3.8) is 0 Å². The number of piperidine rings is 1. The van der Waals surface area contributed by atoms with E-state index in [0.717, 1.165) is 44.3 Å². The third-order valence-electron chi connectivity index (χ3n) is 5.57. The molecule has 2 aromatic rings. The Balaban J connectivity index is 1.40. The molecule has 144 valence electrons. The van der Waals surface area contributed by atoms with Crippen molar-refractivity contribution in [2.24, 2.45) is 18.9 Å². The van der Waals surface area contributed by atoms with Gasteiger partial charge in [-0.05, 0) is 43.6 Å². The van der Waals surface area contributed by atoms with E-state index >= 15 is 0 Å². The van der Waals surface area contributed by atoms with E-state index < -0.39 is 11.8 Å². The molecule has 2 aliphatic heterocycles. The van der Waals surface area contributed by atoms with E-state index in [1.165, 1.54) is 0 Å². The molecular formula is C19H25N5O3. The van der Waals surface area contributed by atoms with Crippen molar-refractivity contribution in [3.8, 4) is 0 Å². The van der Waals surface area contributed by atoms with Crippen LogP contribution in [0.4, 0.5) is 5.69 Å². The zero-order valence-corrected chi connectivity index (χ0v) is 15.6. The van der Waals surface area contributed by atoms with E-state index in [-0.39, 0.29) is 0 Å². The van der Waals surface area contributed by atoms with Gasteiger partial charge >= 0.3 is 11.8 Å². The number of hydrogen-bond donors (Lipinski definition) is 1. The summed E-state index contributed by atoms with van der Waals surface area (Å²) >= 11 is 0. The number of amides is 2. The molecule has 8 heteroatoms. The zero-order valence-electron chi connectivity index (χ0n) is 15.6. The Hall–Kier alpha value is -2.48. The average molecular weight is 371 g/mol. The Bertz CT molecular complexity index is 843. The van der Waals surface area contributed by atoms with Crippen molar-refractivity contribution in [2.75, 3.05) is 31.6 Å². The van der Waals surface area contributed by atoms with Crippen molar-refractivity contribution in [1.29, 1.82) is 0 Å². The minimum atomic E-state index is -0.601. The lowest BCUT2D eigenvalue weighted by Crippen LogP contribution is -2.45. The van der Waals surface area contributed by atoms with Crippen LogP contribution in [0, 0.1) is 11.8 Å². The quantitative estimate of drug-likeness (QED) is 0.828. The third kappa shape index (κ3) is 3.80. The molecule has 2 unspecified atom stereocenters. The van der Waals surface area contributed by atoms with Crippen molar-refractivity contribution in [2.45, 2.75) is 25.7 Å². The third-order valence-corrected chi connectivity index (χ3v) is 5.57. The number of ether oxygens (including phenoxy) is 1. The number of carbonyl (C=O) groups excluding carboxylic acids is 2. The molecule has 2 atom stereocenters. The standard InChI is InChI=1S/C19H25N5O3/c1-23-17-15(10-21-23)16(4-6-20-17)22-18(25)19(26)24-7-2-3-13(11-24)9-14-5-8-27-12-14/h4,6,10,13-14H,2-3,5,7-9,11-12H2,1H3,(H,20,22,25). The summed E-state index contributed by atoms with van der Waals surface area (Å²) < 4.78 is 7.09. The van der Waals surface area contributed by atoms with Gasteiger partial charge in [-0.3, -0.25) is 14.3 Å². The molecule has 0 aromatic carbocycles. The van der Waals surface area contributed by atoms with Crippen LogP contribution in [0.15, 0.2) is 18.5 Å². The second-order valence-electron chi connectivity index (χ2n) is 7.54. The first-order valence-electron chi connectivity index (χ1n) is 9.56. The summed E-state index contributed by atoms with van der Waals surface area (Å²) in [7, 11) is 1.79. The summed E-state index contributed by atoms with van der Waals surface area (Å²) in [4.78, 5) is 31.2. The molecule has 2 aliphatic rings. The van der Waals surface area contributed by atoms with E-state index in [4.69, 9.17) is 4.74 Å². The molecule has 27 heavy (non-hydrogen) atoms. The lowest BCUT2D eigenvalue weighted by molar-refractivity contribution is -0.144. The van der Waals surface area contributed by atoms with Crippen molar-refractivity contribution in [1.82, 2.24) is 19.7 Å². The number of aromatic nitrogens is 3. The number of hydrogen-bond acceptors (Lipinski definition) is 5. The first kappa shape index (κ1) is 17.9. The Morgan fingerprint density at radius 1 is 1.33 bits per heavy atom. The molecule has 1 N–H and O–H groups in total. The SMILES string of the molecule is Cn1ncc2c(NC(=O)C(=O)N3CCCC(CC4CCOC4)C3)ccnc21. The fourth-order valence-corrected chi connectivity index (χ4v) is 4.16. The summed E-state index contributed by atoms with van der Waals surface area (Å²) in [6.07, 6.45) is 7.48. The monoisotopic (exact) mass is 371 g/mol. The summed E-state index contributed by atoms with van der Waals surface area (Å²) in [5, 5.41) is 7.62. The predicted octanol–water partition coefficient (Wildman–Crippen LogP) is 1.57. The minimum absolute atomic E-state index is 0.452. The Morgan fingerprint density at radius 3 is 3.04 bits per heavy atom. The molecule has 2 amide bonds. The number of pyridine rings is 1. The maximum Gasteiger partial charge on any atom is 0.313 e. The van der Waals surface area contributed by atoms with Gasteiger partial charge in [0, 0.05) is 39.5 Å². The summed E-state index contributed by atoms with van der Waals surface area (Å²) in [5.41, 5.74) is 1.22. The van der Waals surface area contributed by atoms with Crippen LogP contribution in [0.2, 0.25) is 0 Å². The van der Waals surface area contributed by atoms with E-state index in [0.29, 0.717) is 36.3 Å². The molecule has 0 radical (unpaired) electrons. The minimum Gasteiger partial charge on any atom is -0.381 e. The number of carbonyl (C=O) groups is 2. The Labute approximate surface area is 157 Å². The molecule has 2 fully saturated rings. The number of rotatable bonds is 3. The maximum atomic E-state index is 12.7. The van der Waals surface area contributed by atoms with Gasteiger partial charge in [-0.1, -0.05) is 0 Å². The summed E-state index contributed by atoms with van der Waals surface area (Å²) in [6, 6.07) is 1.69. The van der Waals surface area contributed by atoms with Crippen molar-refractivity contribution < 1.29 is 14.3 Å². The number of likely N-dealkylation sites (tertiary alicyclic amines) is 1. The van der Waals surface area contributed by atoms with E-state index in [1.807, 2.05) is 0 Å². The highest BCUT2D eigenvalue weighted by Crippen LogP contribution is 2.28.